The van der Waals surface area contributed by atoms with E-state index in [1.807, 2.05) is 36.4 Å². The fourth-order valence-electron chi connectivity index (χ4n) is 3.75. The van der Waals surface area contributed by atoms with Gasteiger partial charge >= 0.3 is 0 Å². The average Bonchev–Trinajstić information content (AvgIpc) is 2.86. The van der Waals surface area contributed by atoms with Crippen LogP contribution < -0.4 is 0 Å². The number of hydrogen-bond acceptors (Lipinski definition) is 6. The molecule has 35 heavy (non-hydrogen) atoms. The molecule has 0 radical (unpaired) electrons. The van der Waals surface area contributed by atoms with Gasteiger partial charge < -0.3 is 30.6 Å². The zero-order chi connectivity index (χ0) is 26.1. The van der Waals surface area contributed by atoms with Gasteiger partial charge in [-0.3, -0.25) is 0 Å². The van der Waals surface area contributed by atoms with Gasteiger partial charge in [-0.2, -0.15) is 0 Å². The Morgan fingerprint density at radius 3 is 1.66 bits per heavy atom. The van der Waals surface area contributed by atoms with Crippen molar-refractivity contribution in [3.8, 4) is 0 Å². The summed E-state index contributed by atoms with van der Waals surface area (Å²) in [5.41, 5.74) is 7.80. The summed E-state index contributed by atoms with van der Waals surface area (Å²) in [7, 11) is 0. The first kappa shape index (κ1) is 29.0. The van der Waals surface area contributed by atoms with Crippen molar-refractivity contribution >= 4 is 0 Å². The average molecular weight is 485 g/mol. The standard InChI is InChI=1S/C29H40O6/c1-18(2)22-12-8-20(9-13-22)6-5-7-24(16-21-10-14-23(15-11-21)19(3)4)26(32)28(34)29(35)27(33)25(31)17-30/h5,8-15,18-19,25-35H,6,16-17H2,1-4H3/t7?,25-,26?,27+,28+,29-/m0/s1. The Morgan fingerprint density at radius 2 is 1.20 bits per heavy atom. The van der Waals surface area contributed by atoms with Crippen LogP contribution in [0.4, 0.5) is 0 Å². The van der Waals surface area contributed by atoms with Gasteiger partial charge in [-0.25, -0.2) is 0 Å². The quantitative estimate of drug-likeness (QED) is 0.258. The maximum absolute atomic E-state index is 10.9. The molecule has 0 aliphatic heterocycles. The largest absolute Gasteiger partial charge is 0.394 e. The number of aliphatic hydroxyl groups is 6. The van der Waals surface area contributed by atoms with Crippen LogP contribution in [0.5, 0.6) is 0 Å². The monoisotopic (exact) mass is 484 g/mol. The summed E-state index contributed by atoms with van der Waals surface area (Å²) in [6.07, 6.45) is -6.07. The first-order valence-corrected chi connectivity index (χ1v) is 12.2. The number of rotatable bonds is 12. The third kappa shape index (κ3) is 8.41. The van der Waals surface area contributed by atoms with Crippen molar-refractivity contribution in [3.05, 3.63) is 88.2 Å². The minimum absolute atomic E-state index is 0.269. The molecule has 0 spiro atoms. The molecule has 0 saturated carbocycles. The van der Waals surface area contributed by atoms with Crippen LogP contribution >= 0.6 is 0 Å². The van der Waals surface area contributed by atoms with Gasteiger partial charge in [0.15, 0.2) is 0 Å². The first-order valence-electron chi connectivity index (χ1n) is 12.2. The first-order chi connectivity index (χ1) is 16.5. The topological polar surface area (TPSA) is 121 Å². The molecule has 6 N–H and O–H groups in total. The highest BCUT2D eigenvalue weighted by molar-refractivity contribution is 5.30. The number of benzene rings is 2. The van der Waals surface area contributed by atoms with E-state index in [2.05, 4.69) is 45.6 Å². The fraction of sp³-hybridized carbons (Fsp3) is 0.483. The summed E-state index contributed by atoms with van der Waals surface area (Å²) in [6.45, 7) is 7.68. The van der Waals surface area contributed by atoms with Crippen molar-refractivity contribution in [2.45, 2.75) is 82.9 Å². The minimum atomic E-state index is -1.86. The highest BCUT2D eigenvalue weighted by Crippen LogP contribution is 2.21. The molecule has 6 heteroatoms. The zero-order valence-electron chi connectivity index (χ0n) is 21.0. The van der Waals surface area contributed by atoms with Gasteiger partial charge in [-0.05, 0) is 46.6 Å². The van der Waals surface area contributed by atoms with Gasteiger partial charge in [0.1, 0.15) is 30.5 Å². The van der Waals surface area contributed by atoms with Crippen LogP contribution in [0.1, 0.15) is 61.8 Å². The van der Waals surface area contributed by atoms with Gasteiger partial charge in [0.25, 0.3) is 0 Å². The predicted octanol–water partition coefficient (Wildman–Crippen LogP) is 2.60. The smallest absolute Gasteiger partial charge is 0.113 e. The zero-order valence-corrected chi connectivity index (χ0v) is 21.0. The van der Waals surface area contributed by atoms with E-state index < -0.39 is 37.1 Å². The van der Waals surface area contributed by atoms with E-state index in [4.69, 9.17) is 5.11 Å². The lowest BCUT2D eigenvalue weighted by molar-refractivity contribution is -0.134. The normalized spacial score (nSPS) is 15.9. The van der Waals surface area contributed by atoms with Gasteiger partial charge in [0, 0.05) is 12.0 Å². The molecule has 0 aliphatic carbocycles. The predicted molar refractivity (Wildman–Crippen MR) is 137 cm³/mol. The van der Waals surface area contributed by atoms with E-state index in [0.29, 0.717) is 23.8 Å². The van der Waals surface area contributed by atoms with E-state index in [9.17, 15) is 25.5 Å². The molecule has 0 fully saturated rings. The van der Waals surface area contributed by atoms with Gasteiger partial charge in [-0.1, -0.05) is 76.2 Å². The van der Waals surface area contributed by atoms with Crippen molar-refractivity contribution in [2.24, 2.45) is 0 Å². The van der Waals surface area contributed by atoms with Gasteiger partial charge in [0.2, 0.25) is 0 Å². The van der Waals surface area contributed by atoms with E-state index in [0.717, 1.165) is 11.1 Å². The van der Waals surface area contributed by atoms with E-state index >= 15 is 0 Å². The molecule has 0 saturated heterocycles. The molecule has 0 aromatic heterocycles. The van der Waals surface area contributed by atoms with Crippen LogP contribution in [0.15, 0.2) is 65.9 Å². The molecule has 0 bridgehead atoms. The van der Waals surface area contributed by atoms with E-state index in [1.54, 1.807) is 6.08 Å². The van der Waals surface area contributed by atoms with Crippen LogP contribution in [0.25, 0.3) is 0 Å². The highest BCUT2D eigenvalue weighted by Gasteiger charge is 2.35. The summed E-state index contributed by atoms with van der Waals surface area (Å²) < 4.78 is 0. The molecule has 0 amide bonds. The number of hydrogen-bond donors (Lipinski definition) is 6. The molecule has 2 aromatic carbocycles. The van der Waals surface area contributed by atoms with Gasteiger partial charge in [0.05, 0.1) is 6.61 Å². The van der Waals surface area contributed by atoms with E-state index in [-0.39, 0.29) is 6.42 Å². The van der Waals surface area contributed by atoms with Crippen molar-refractivity contribution in [1.29, 1.82) is 0 Å². The maximum Gasteiger partial charge on any atom is 0.113 e. The molecule has 2 rings (SSSR count). The Balaban J connectivity index is 2.30. The minimum Gasteiger partial charge on any atom is -0.394 e. The van der Waals surface area contributed by atoms with Crippen LogP contribution in [0.2, 0.25) is 0 Å². The molecular weight excluding hydrogens is 444 g/mol. The Bertz CT molecular complexity index is 958. The second kappa shape index (κ2) is 13.7. The Labute approximate surface area is 208 Å². The van der Waals surface area contributed by atoms with Crippen molar-refractivity contribution in [1.82, 2.24) is 0 Å². The van der Waals surface area contributed by atoms with Crippen molar-refractivity contribution in [2.75, 3.05) is 6.61 Å². The van der Waals surface area contributed by atoms with Crippen molar-refractivity contribution in [3.63, 3.8) is 0 Å². The lowest BCUT2D eigenvalue weighted by Gasteiger charge is -2.29. The molecule has 1 unspecified atom stereocenters. The van der Waals surface area contributed by atoms with Gasteiger partial charge in [-0.15, -0.1) is 5.73 Å². The third-order valence-electron chi connectivity index (χ3n) is 6.27. The highest BCUT2D eigenvalue weighted by atomic mass is 16.4. The summed E-state index contributed by atoms with van der Waals surface area (Å²) in [6, 6.07) is 16.2. The second-order valence-electron chi connectivity index (χ2n) is 9.71. The second-order valence-corrected chi connectivity index (χ2v) is 9.71. The van der Waals surface area contributed by atoms with E-state index in [1.165, 1.54) is 11.1 Å². The van der Waals surface area contributed by atoms with Crippen LogP contribution in [-0.4, -0.2) is 67.8 Å². The Kier molecular flexibility index (Phi) is 11.3. The van der Waals surface area contributed by atoms with Crippen LogP contribution in [0.3, 0.4) is 0 Å². The van der Waals surface area contributed by atoms with Crippen LogP contribution in [0, 0.1) is 0 Å². The molecule has 6 nitrogen and oxygen atoms in total. The Hall–Kier alpha value is -2.28. The maximum atomic E-state index is 10.9. The molecule has 2 aromatic rings. The molecule has 0 aliphatic rings. The molecule has 192 valence electrons. The third-order valence-corrected chi connectivity index (χ3v) is 6.27. The molecular formula is C29H40O6. The lowest BCUT2D eigenvalue weighted by Crippen LogP contribution is -2.50. The summed E-state index contributed by atoms with van der Waals surface area (Å²) in [4.78, 5) is 0. The summed E-state index contributed by atoms with van der Waals surface area (Å²) in [5.74, 6) is 0.819. The van der Waals surface area contributed by atoms with Crippen LogP contribution in [-0.2, 0) is 12.8 Å². The summed E-state index contributed by atoms with van der Waals surface area (Å²) >= 11 is 0. The lowest BCUT2D eigenvalue weighted by atomic mass is 9.91. The number of aliphatic hydroxyl groups excluding tert-OH is 6. The SMILES string of the molecule is CC(C)c1ccc(CC=C=C(Cc2ccc(C(C)C)cc2)C(O)[C@@H](O)[C@@H](O)[C@H](O)[C@@H](O)CO)cc1. The molecule has 0 heterocycles. The summed E-state index contributed by atoms with van der Waals surface area (Å²) in [5, 5.41) is 60.3. The fourth-order valence-corrected chi connectivity index (χ4v) is 3.75. The Morgan fingerprint density at radius 1 is 0.714 bits per heavy atom. The van der Waals surface area contributed by atoms with Crippen molar-refractivity contribution < 1.29 is 30.6 Å². The molecule has 5 atom stereocenters.